The van der Waals surface area contributed by atoms with Crippen LogP contribution in [0.25, 0.3) is 0 Å². The van der Waals surface area contributed by atoms with E-state index in [9.17, 15) is 28.7 Å². The molecule has 0 aromatic heterocycles. The number of anilines is 3. The van der Waals surface area contributed by atoms with Crippen molar-refractivity contribution >= 4 is 56.4 Å². The summed E-state index contributed by atoms with van der Waals surface area (Å²) >= 11 is 3.19. The zero-order valence-electron chi connectivity index (χ0n) is 22.6. The number of aromatic hydroxyl groups is 1. The van der Waals surface area contributed by atoms with Gasteiger partial charge in [0.2, 0.25) is 11.8 Å². The number of para-hydroxylation sites is 2. The van der Waals surface area contributed by atoms with Crippen LogP contribution in [0.2, 0.25) is 0 Å². The van der Waals surface area contributed by atoms with Gasteiger partial charge in [-0.1, -0.05) is 42.0 Å². The van der Waals surface area contributed by atoms with E-state index in [1.807, 2.05) is 36.4 Å². The lowest BCUT2D eigenvalue weighted by Gasteiger charge is -2.42. The summed E-state index contributed by atoms with van der Waals surface area (Å²) in [5.74, 6) is -5.96. The summed E-state index contributed by atoms with van der Waals surface area (Å²) in [5.41, 5.74) is 3.29. The molecule has 214 valence electrons. The summed E-state index contributed by atoms with van der Waals surface area (Å²) in [7, 11) is 0. The van der Waals surface area contributed by atoms with Crippen molar-refractivity contribution in [1.29, 1.82) is 0 Å². The molecular formula is C34H24BrFN2O5. The van der Waals surface area contributed by atoms with E-state index in [1.54, 1.807) is 24.3 Å². The van der Waals surface area contributed by atoms with E-state index in [0.717, 1.165) is 17.4 Å². The summed E-state index contributed by atoms with van der Waals surface area (Å²) < 4.78 is 14.7. The zero-order valence-corrected chi connectivity index (χ0v) is 24.2. The summed E-state index contributed by atoms with van der Waals surface area (Å²) in [4.78, 5) is 55.7. The van der Waals surface area contributed by atoms with E-state index >= 15 is 0 Å². The van der Waals surface area contributed by atoms with E-state index in [0.29, 0.717) is 11.3 Å². The SMILES string of the molecule is O=C1C=C(Br)C(=O)C2=C1C(c1cccc(F)c1O)C1=CCC3C(=O)N(c4ccc(Nc5ccccc5)cc4)C(=O)C3C1C2. The number of halogens is 2. The average molecular weight is 639 g/mol. The second-order valence-electron chi connectivity index (χ2n) is 11.1. The van der Waals surface area contributed by atoms with Crippen LogP contribution in [0.4, 0.5) is 21.5 Å². The maximum Gasteiger partial charge on any atom is 0.238 e. The largest absolute Gasteiger partial charge is 0.505 e. The molecule has 3 aromatic rings. The Morgan fingerprint density at radius 2 is 1.58 bits per heavy atom. The van der Waals surface area contributed by atoms with Gasteiger partial charge in [-0.15, -0.1) is 0 Å². The van der Waals surface area contributed by atoms with Gasteiger partial charge in [0.25, 0.3) is 0 Å². The van der Waals surface area contributed by atoms with Gasteiger partial charge >= 0.3 is 0 Å². The molecule has 43 heavy (non-hydrogen) atoms. The predicted octanol–water partition coefficient (Wildman–Crippen LogP) is 6.24. The van der Waals surface area contributed by atoms with Crippen molar-refractivity contribution in [2.45, 2.75) is 18.8 Å². The second-order valence-corrected chi connectivity index (χ2v) is 12.0. The molecule has 0 bridgehead atoms. The fourth-order valence-electron chi connectivity index (χ4n) is 6.96. The van der Waals surface area contributed by atoms with Crippen LogP contribution in [-0.2, 0) is 19.2 Å². The average Bonchev–Trinajstić information content (AvgIpc) is 3.27. The molecule has 7 rings (SSSR count). The molecule has 2 amide bonds. The fraction of sp³-hybridized carbons (Fsp3) is 0.176. The van der Waals surface area contributed by atoms with Crippen LogP contribution in [0.5, 0.6) is 5.75 Å². The molecule has 0 saturated carbocycles. The molecular weight excluding hydrogens is 615 g/mol. The number of phenolic OH excluding ortho intramolecular Hbond substituents is 1. The Bertz CT molecular complexity index is 1830. The minimum absolute atomic E-state index is 0.0786. The lowest BCUT2D eigenvalue weighted by molar-refractivity contribution is -0.123. The maximum atomic E-state index is 14.6. The molecule has 0 spiro atoms. The highest BCUT2D eigenvalue weighted by molar-refractivity contribution is 9.12. The Hall–Kier alpha value is -4.63. The molecule has 4 aliphatic rings. The number of amides is 2. The summed E-state index contributed by atoms with van der Waals surface area (Å²) in [5, 5.41) is 14.0. The van der Waals surface area contributed by atoms with Crippen molar-refractivity contribution in [3.63, 3.8) is 0 Å². The Labute approximate surface area is 254 Å². The standard InChI is InChI=1S/C34H24BrFN2O5/c35-25-16-27(39)30-24(31(25)40)15-23-20(28(30)21-7-4-8-26(36)32(21)41)13-14-22-29(23)34(43)38(33(22)42)19-11-9-18(10-12-19)37-17-5-2-1-3-6-17/h1-13,16,22-23,28-29,37,41H,14-15H2. The van der Waals surface area contributed by atoms with E-state index in [-0.39, 0.29) is 45.8 Å². The predicted molar refractivity (Wildman–Crippen MR) is 161 cm³/mol. The first-order chi connectivity index (χ1) is 20.7. The number of hydrogen-bond acceptors (Lipinski definition) is 6. The van der Waals surface area contributed by atoms with E-state index in [4.69, 9.17) is 0 Å². The topological polar surface area (TPSA) is 104 Å². The number of ketones is 2. The molecule has 0 radical (unpaired) electrons. The van der Waals surface area contributed by atoms with E-state index in [1.165, 1.54) is 23.1 Å². The van der Waals surface area contributed by atoms with Gasteiger partial charge in [0, 0.05) is 40.1 Å². The minimum Gasteiger partial charge on any atom is -0.505 e. The van der Waals surface area contributed by atoms with Crippen LogP contribution >= 0.6 is 15.9 Å². The Morgan fingerprint density at radius 1 is 0.860 bits per heavy atom. The molecule has 1 fully saturated rings. The molecule has 1 heterocycles. The molecule has 2 N–H and O–H groups in total. The number of Topliss-reactive ketones (excluding diaryl/α,β-unsaturated/α-hetero) is 1. The number of carbonyl (C=O) groups excluding carboxylic acids is 4. The van der Waals surface area contributed by atoms with Gasteiger partial charge in [0.1, 0.15) is 0 Å². The number of rotatable bonds is 4. The van der Waals surface area contributed by atoms with Crippen LogP contribution in [0.3, 0.4) is 0 Å². The van der Waals surface area contributed by atoms with Gasteiger partial charge in [0.15, 0.2) is 23.1 Å². The van der Waals surface area contributed by atoms with Crippen LogP contribution < -0.4 is 10.2 Å². The van der Waals surface area contributed by atoms with E-state index in [2.05, 4.69) is 21.2 Å². The molecule has 1 saturated heterocycles. The summed E-state index contributed by atoms with van der Waals surface area (Å²) in [6.45, 7) is 0. The van der Waals surface area contributed by atoms with Crippen molar-refractivity contribution in [3.8, 4) is 5.75 Å². The highest BCUT2D eigenvalue weighted by Gasteiger charge is 2.57. The number of fused-ring (bicyclic) bond motifs is 3. The van der Waals surface area contributed by atoms with Gasteiger partial charge in [-0.05, 0) is 77.2 Å². The van der Waals surface area contributed by atoms with Crippen LogP contribution in [0, 0.1) is 23.6 Å². The first kappa shape index (κ1) is 27.2. The molecule has 7 nitrogen and oxygen atoms in total. The number of phenols is 1. The van der Waals surface area contributed by atoms with Crippen molar-refractivity contribution in [1.82, 2.24) is 0 Å². The molecule has 4 unspecified atom stereocenters. The second kappa shape index (κ2) is 10.3. The summed E-state index contributed by atoms with van der Waals surface area (Å²) in [6.07, 6.45) is 3.34. The Kier molecular flexibility index (Phi) is 6.50. The van der Waals surface area contributed by atoms with Crippen molar-refractivity contribution in [3.05, 3.63) is 118 Å². The third-order valence-corrected chi connectivity index (χ3v) is 9.44. The third-order valence-electron chi connectivity index (χ3n) is 8.85. The van der Waals surface area contributed by atoms with Crippen molar-refractivity contribution < 1.29 is 28.7 Å². The Morgan fingerprint density at radius 3 is 2.33 bits per heavy atom. The highest BCUT2D eigenvalue weighted by atomic mass is 79.9. The normalized spacial score (nSPS) is 24.7. The number of nitrogens with one attached hydrogen (secondary N) is 1. The lowest BCUT2D eigenvalue weighted by atomic mass is 9.59. The molecule has 4 atom stereocenters. The number of benzene rings is 3. The van der Waals surface area contributed by atoms with Crippen molar-refractivity contribution in [2.24, 2.45) is 17.8 Å². The van der Waals surface area contributed by atoms with E-state index < -0.39 is 46.8 Å². The van der Waals surface area contributed by atoms with Crippen LogP contribution in [0.15, 0.2) is 106 Å². The number of nitrogens with zero attached hydrogens (tertiary/aromatic N) is 1. The minimum atomic E-state index is -0.931. The number of allylic oxidation sites excluding steroid dienone is 6. The number of carbonyl (C=O) groups is 4. The smallest absolute Gasteiger partial charge is 0.238 e. The monoisotopic (exact) mass is 638 g/mol. The number of hydrogen-bond donors (Lipinski definition) is 2. The van der Waals surface area contributed by atoms with Gasteiger partial charge in [-0.2, -0.15) is 0 Å². The van der Waals surface area contributed by atoms with Crippen LogP contribution in [-0.4, -0.2) is 28.5 Å². The highest BCUT2D eigenvalue weighted by Crippen LogP contribution is 2.56. The molecule has 9 heteroatoms. The quantitative estimate of drug-likeness (QED) is 0.199. The summed E-state index contributed by atoms with van der Waals surface area (Å²) in [6, 6.07) is 20.7. The maximum absolute atomic E-state index is 14.6. The van der Waals surface area contributed by atoms with Gasteiger partial charge < -0.3 is 10.4 Å². The third kappa shape index (κ3) is 4.29. The fourth-order valence-corrected chi connectivity index (χ4v) is 7.41. The van der Waals surface area contributed by atoms with Crippen LogP contribution in [0.1, 0.15) is 24.3 Å². The zero-order chi connectivity index (χ0) is 30.0. The van der Waals surface area contributed by atoms with Gasteiger partial charge in [-0.3, -0.25) is 24.1 Å². The van der Waals surface area contributed by atoms with Crippen molar-refractivity contribution in [2.75, 3.05) is 10.2 Å². The number of imide groups is 1. The van der Waals surface area contributed by atoms with Gasteiger partial charge in [0.05, 0.1) is 22.0 Å². The first-order valence-electron chi connectivity index (χ1n) is 13.9. The molecule has 3 aliphatic carbocycles. The first-order valence-corrected chi connectivity index (χ1v) is 14.7. The Balaban J connectivity index is 1.26. The lowest BCUT2D eigenvalue weighted by Crippen LogP contribution is -2.39. The molecule has 3 aromatic carbocycles. The molecule has 1 aliphatic heterocycles. The van der Waals surface area contributed by atoms with Gasteiger partial charge in [-0.25, -0.2) is 4.39 Å².